The molecule has 1 saturated carbocycles. The van der Waals surface area contributed by atoms with Crippen LogP contribution < -0.4 is 21.5 Å². The van der Waals surface area contributed by atoms with E-state index in [1.165, 1.54) is 0 Å². The molecule has 1 fully saturated rings. The topological polar surface area (TPSA) is 107 Å². The van der Waals surface area contributed by atoms with Gasteiger partial charge in [0.2, 0.25) is 11.8 Å². The smallest absolute Gasteiger partial charge is 0.240 e. The second kappa shape index (κ2) is 11.6. The Morgan fingerprint density at radius 3 is 2.30 bits per heavy atom. The van der Waals surface area contributed by atoms with Gasteiger partial charge in [-0.3, -0.25) is 9.59 Å². The van der Waals surface area contributed by atoms with Gasteiger partial charge in [0.1, 0.15) is 17.5 Å². The van der Waals surface area contributed by atoms with Gasteiger partial charge in [-0.1, -0.05) is 30.3 Å². The summed E-state index contributed by atoms with van der Waals surface area (Å²) in [6, 6.07) is 16.2. The van der Waals surface area contributed by atoms with Crippen LogP contribution in [0.15, 0.2) is 54.6 Å². The molecular weight excluding hydrogens is 402 g/mol. The molecule has 2 amide bonds. The molecule has 0 saturated heterocycles. The molecule has 5 N–H and O–H groups in total. The number of primary amides is 1. The lowest BCUT2D eigenvalue weighted by Crippen LogP contribution is -2.48. The van der Waals surface area contributed by atoms with E-state index in [2.05, 4.69) is 5.32 Å². The van der Waals surface area contributed by atoms with E-state index in [9.17, 15) is 9.59 Å². The summed E-state index contributed by atoms with van der Waals surface area (Å²) in [5.41, 5.74) is 12.2. The first kappa shape index (κ1) is 23.7. The van der Waals surface area contributed by atoms with Gasteiger partial charge in [-0.25, -0.2) is 0 Å². The average Bonchev–Trinajstić information content (AvgIpc) is 2.74. The molecule has 0 heterocycles. The van der Waals surface area contributed by atoms with Crippen molar-refractivity contribution >= 4 is 24.2 Å². The Hall–Kier alpha value is -2.57. The molecule has 7 heteroatoms. The highest BCUT2D eigenvalue weighted by Crippen LogP contribution is 2.28. The summed E-state index contributed by atoms with van der Waals surface area (Å²) in [4.78, 5) is 24.6. The van der Waals surface area contributed by atoms with Crippen LogP contribution in [0.4, 0.5) is 0 Å². The zero-order valence-corrected chi connectivity index (χ0v) is 17.8. The van der Waals surface area contributed by atoms with E-state index in [4.69, 9.17) is 16.2 Å². The van der Waals surface area contributed by atoms with Gasteiger partial charge >= 0.3 is 0 Å². The fraction of sp³-hybridized carbons (Fsp3) is 0.391. The molecular formula is C23H30ClN3O3. The average molecular weight is 432 g/mol. The standard InChI is InChI=1S/C23H29N3O3.ClH/c24-15-16-9-11-18(12-10-16)23(28)26-21(22(25)27)14-17-5-4-8-20(13-17)29-19-6-2-1-3-7-19;/h1-8,13,16,18,21H,9-12,14-15,24H2,(H2,25,27)(H,26,28);1H/t16?,18?,21-;/m0./s1. The summed E-state index contributed by atoms with van der Waals surface area (Å²) >= 11 is 0. The number of nitrogens with two attached hydrogens (primary N) is 2. The van der Waals surface area contributed by atoms with E-state index < -0.39 is 11.9 Å². The predicted molar refractivity (Wildman–Crippen MR) is 120 cm³/mol. The molecule has 1 aliphatic rings. The molecule has 0 unspecified atom stereocenters. The van der Waals surface area contributed by atoms with Crippen LogP contribution in [0.1, 0.15) is 31.2 Å². The Morgan fingerprint density at radius 2 is 1.67 bits per heavy atom. The maximum Gasteiger partial charge on any atom is 0.240 e. The molecule has 0 spiro atoms. The van der Waals surface area contributed by atoms with Gasteiger partial charge in [-0.15, -0.1) is 12.4 Å². The van der Waals surface area contributed by atoms with Crippen LogP contribution in [0, 0.1) is 11.8 Å². The predicted octanol–water partition coefficient (Wildman–Crippen LogP) is 3.18. The van der Waals surface area contributed by atoms with Crippen molar-refractivity contribution in [1.29, 1.82) is 0 Å². The van der Waals surface area contributed by atoms with Gasteiger partial charge in [0, 0.05) is 12.3 Å². The van der Waals surface area contributed by atoms with Crippen molar-refractivity contribution in [3.05, 3.63) is 60.2 Å². The number of ether oxygens (including phenoxy) is 1. The van der Waals surface area contributed by atoms with Crippen LogP contribution in [-0.4, -0.2) is 24.4 Å². The number of carbonyl (C=O) groups excluding carboxylic acids is 2. The van der Waals surface area contributed by atoms with Crippen molar-refractivity contribution in [3.63, 3.8) is 0 Å². The quantitative estimate of drug-likeness (QED) is 0.596. The summed E-state index contributed by atoms with van der Waals surface area (Å²) in [7, 11) is 0. The monoisotopic (exact) mass is 431 g/mol. The van der Waals surface area contributed by atoms with E-state index in [1.807, 2.05) is 54.6 Å². The zero-order valence-electron chi connectivity index (χ0n) is 17.0. The Balaban J connectivity index is 0.00000320. The molecule has 0 aromatic heterocycles. The highest BCUT2D eigenvalue weighted by atomic mass is 35.5. The Bertz CT molecular complexity index is 823. The summed E-state index contributed by atoms with van der Waals surface area (Å²) < 4.78 is 5.84. The number of hydrogen-bond acceptors (Lipinski definition) is 4. The van der Waals surface area contributed by atoms with Crippen LogP contribution in [0.2, 0.25) is 0 Å². The Labute approximate surface area is 183 Å². The van der Waals surface area contributed by atoms with Crippen LogP contribution in [0.3, 0.4) is 0 Å². The lowest BCUT2D eigenvalue weighted by Gasteiger charge is -2.28. The van der Waals surface area contributed by atoms with Gasteiger partial charge in [-0.05, 0) is 68.0 Å². The molecule has 1 aliphatic carbocycles. The maximum atomic E-state index is 12.6. The highest BCUT2D eigenvalue weighted by Gasteiger charge is 2.28. The van der Waals surface area contributed by atoms with E-state index in [0.717, 1.165) is 37.0 Å². The largest absolute Gasteiger partial charge is 0.457 e. The fourth-order valence-electron chi connectivity index (χ4n) is 3.77. The van der Waals surface area contributed by atoms with Crippen molar-refractivity contribution in [2.75, 3.05) is 6.54 Å². The van der Waals surface area contributed by atoms with E-state index in [-0.39, 0.29) is 24.2 Å². The molecule has 1 atom stereocenters. The van der Waals surface area contributed by atoms with Crippen molar-refractivity contribution in [2.24, 2.45) is 23.3 Å². The minimum absolute atomic E-state index is 0. The number of rotatable bonds is 8. The van der Waals surface area contributed by atoms with Gasteiger partial charge in [-0.2, -0.15) is 0 Å². The van der Waals surface area contributed by atoms with Crippen LogP contribution in [0.25, 0.3) is 0 Å². The number of nitrogens with one attached hydrogen (secondary N) is 1. The van der Waals surface area contributed by atoms with Gasteiger partial charge in [0.25, 0.3) is 0 Å². The molecule has 3 rings (SSSR count). The Kier molecular flexibility index (Phi) is 9.15. The summed E-state index contributed by atoms with van der Waals surface area (Å²) in [5.74, 6) is 1.19. The lowest BCUT2D eigenvalue weighted by molar-refractivity contribution is -0.130. The minimum Gasteiger partial charge on any atom is -0.457 e. The molecule has 2 aromatic carbocycles. The second-order valence-electron chi connectivity index (χ2n) is 7.68. The molecule has 0 aliphatic heterocycles. The first-order valence-corrected chi connectivity index (χ1v) is 10.2. The number of hydrogen-bond donors (Lipinski definition) is 3. The Morgan fingerprint density at radius 1 is 1.00 bits per heavy atom. The summed E-state index contributed by atoms with van der Waals surface area (Å²) in [5, 5.41) is 2.85. The number of amides is 2. The highest BCUT2D eigenvalue weighted by molar-refractivity contribution is 5.87. The number of carbonyl (C=O) groups is 2. The van der Waals surface area contributed by atoms with Crippen LogP contribution >= 0.6 is 12.4 Å². The third kappa shape index (κ3) is 6.75. The number of benzene rings is 2. The zero-order chi connectivity index (χ0) is 20.6. The molecule has 162 valence electrons. The third-order valence-corrected chi connectivity index (χ3v) is 5.53. The minimum atomic E-state index is -0.748. The van der Waals surface area contributed by atoms with Gasteiger partial charge in [0.05, 0.1) is 0 Å². The van der Waals surface area contributed by atoms with Crippen molar-refractivity contribution in [1.82, 2.24) is 5.32 Å². The normalized spacial score (nSPS) is 19.2. The summed E-state index contributed by atoms with van der Waals surface area (Å²) in [6.07, 6.45) is 3.84. The SMILES string of the molecule is Cl.NCC1CCC(C(=O)N[C@@H](Cc2cccc(Oc3ccccc3)c2)C(N)=O)CC1. The van der Waals surface area contributed by atoms with E-state index in [1.54, 1.807) is 0 Å². The second-order valence-corrected chi connectivity index (χ2v) is 7.68. The van der Waals surface area contributed by atoms with Crippen molar-refractivity contribution < 1.29 is 14.3 Å². The molecule has 2 aromatic rings. The number of para-hydroxylation sites is 1. The first-order chi connectivity index (χ1) is 14.0. The van der Waals surface area contributed by atoms with Crippen LogP contribution in [-0.2, 0) is 16.0 Å². The van der Waals surface area contributed by atoms with E-state index in [0.29, 0.717) is 24.6 Å². The maximum absolute atomic E-state index is 12.6. The number of halogens is 1. The van der Waals surface area contributed by atoms with Gasteiger partial charge in [0.15, 0.2) is 0 Å². The van der Waals surface area contributed by atoms with Crippen LogP contribution in [0.5, 0.6) is 11.5 Å². The lowest BCUT2D eigenvalue weighted by atomic mass is 9.81. The van der Waals surface area contributed by atoms with Crippen molar-refractivity contribution in [2.45, 2.75) is 38.1 Å². The molecule has 0 radical (unpaired) electrons. The third-order valence-electron chi connectivity index (χ3n) is 5.53. The first-order valence-electron chi connectivity index (χ1n) is 10.2. The summed E-state index contributed by atoms with van der Waals surface area (Å²) in [6.45, 7) is 0.666. The molecule has 30 heavy (non-hydrogen) atoms. The van der Waals surface area contributed by atoms with E-state index >= 15 is 0 Å². The fourth-order valence-corrected chi connectivity index (χ4v) is 3.77. The molecule has 0 bridgehead atoms. The van der Waals surface area contributed by atoms with Gasteiger partial charge < -0.3 is 21.5 Å². The molecule has 6 nitrogen and oxygen atoms in total. The van der Waals surface area contributed by atoms with Crippen molar-refractivity contribution in [3.8, 4) is 11.5 Å².